The van der Waals surface area contributed by atoms with Gasteiger partial charge in [-0.3, -0.25) is 0 Å². The van der Waals surface area contributed by atoms with Crippen LogP contribution in [0.3, 0.4) is 0 Å². The van der Waals surface area contributed by atoms with Gasteiger partial charge in [0, 0.05) is 5.56 Å². The fourth-order valence-electron chi connectivity index (χ4n) is 3.00. The second-order valence-electron chi connectivity index (χ2n) is 6.34. The number of thiazole rings is 1. The molecule has 0 atom stereocenters. The lowest BCUT2D eigenvalue weighted by atomic mass is 10.2. The molecule has 0 radical (unpaired) electrons. The molecule has 2 aromatic heterocycles. The first-order chi connectivity index (χ1) is 15.2. The summed E-state index contributed by atoms with van der Waals surface area (Å²) in [5, 5.41) is 9.90. The summed E-state index contributed by atoms with van der Waals surface area (Å²) < 4.78 is 24.4. The number of nitrogens with zero attached hydrogens (tertiary/aromatic N) is 3. The molecule has 0 unspecified atom stereocenters. The molecule has 0 saturated heterocycles. The van der Waals surface area contributed by atoms with Crippen molar-refractivity contribution in [2.45, 2.75) is 31.7 Å². The van der Waals surface area contributed by atoms with Crippen LogP contribution in [0.25, 0.3) is 21.7 Å². The molecule has 0 bridgehead atoms. The van der Waals surface area contributed by atoms with Gasteiger partial charge in [-0.2, -0.15) is 0 Å². The van der Waals surface area contributed by atoms with Crippen LogP contribution >= 0.6 is 23.1 Å². The number of fused-ring (bicyclic) bond motifs is 1. The second kappa shape index (κ2) is 10.0. The van der Waals surface area contributed by atoms with Crippen LogP contribution in [0.4, 0.5) is 0 Å². The summed E-state index contributed by atoms with van der Waals surface area (Å²) in [7, 11) is 0. The van der Waals surface area contributed by atoms with E-state index in [1.54, 1.807) is 11.3 Å². The van der Waals surface area contributed by atoms with Crippen molar-refractivity contribution < 1.29 is 18.6 Å². The van der Waals surface area contributed by atoms with Crippen LogP contribution in [0.5, 0.6) is 17.2 Å². The number of thioether (sulfide) groups is 1. The largest absolute Gasteiger partial charge is 0.490 e. The van der Waals surface area contributed by atoms with Crippen LogP contribution in [0.15, 0.2) is 46.0 Å². The van der Waals surface area contributed by atoms with Crippen LogP contribution in [0, 0.1) is 0 Å². The number of ether oxygens (including phenoxy) is 3. The minimum atomic E-state index is 0.400. The van der Waals surface area contributed by atoms with Crippen LogP contribution in [0.2, 0.25) is 0 Å². The summed E-state index contributed by atoms with van der Waals surface area (Å²) in [4.78, 5) is 4.64. The van der Waals surface area contributed by atoms with Gasteiger partial charge in [0.15, 0.2) is 11.5 Å². The molecular weight excluding hydrogens is 434 g/mol. The van der Waals surface area contributed by atoms with E-state index in [-0.39, 0.29) is 0 Å². The summed E-state index contributed by atoms with van der Waals surface area (Å²) in [6.07, 6.45) is 0. The fourth-order valence-corrected chi connectivity index (χ4v) is 4.73. The number of hydrogen-bond donors (Lipinski definition) is 0. The van der Waals surface area contributed by atoms with Crippen molar-refractivity contribution >= 4 is 33.3 Å². The number of benzene rings is 2. The molecule has 2 heterocycles. The Bertz CT molecular complexity index is 1100. The van der Waals surface area contributed by atoms with Crippen LogP contribution in [0.1, 0.15) is 25.8 Å². The average molecular weight is 458 g/mol. The molecule has 0 saturated carbocycles. The predicted octanol–water partition coefficient (Wildman–Crippen LogP) is 5.83. The van der Waals surface area contributed by atoms with Gasteiger partial charge >= 0.3 is 0 Å². The molecule has 0 fully saturated rings. The Morgan fingerprint density at radius 1 is 0.935 bits per heavy atom. The fraction of sp³-hybridized carbons (Fsp3) is 0.318. The van der Waals surface area contributed by atoms with Gasteiger partial charge in [0.1, 0.15) is 5.01 Å². The highest BCUT2D eigenvalue weighted by Crippen LogP contribution is 2.42. The standard InChI is InChI=1S/C22H23N3O4S2/c1-4-26-16-11-14(12-17(27-5-2)20(16)28-6-3)21-24-25-22(29-21)30-13-19-23-15-9-7-8-10-18(15)31-19/h7-12H,4-6,13H2,1-3H3. The third-order valence-electron chi connectivity index (χ3n) is 4.22. The molecule has 162 valence electrons. The summed E-state index contributed by atoms with van der Waals surface area (Å²) in [6.45, 7) is 7.28. The van der Waals surface area contributed by atoms with Crippen LogP contribution in [-0.2, 0) is 5.75 Å². The number of hydrogen-bond acceptors (Lipinski definition) is 9. The van der Waals surface area contributed by atoms with Crippen LogP contribution in [-0.4, -0.2) is 35.0 Å². The lowest BCUT2D eigenvalue weighted by Crippen LogP contribution is -2.03. The smallest absolute Gasteiger partial charge is 0.277 e. The van der Waals surface area contributed by atoms with Gasteiger partial charge in [-0.15, -0.1) is 21.5 Å². The molecule has 0 aliphatic heterocycles. The second-order valence-corrected chi connectivity index (χ2v) is 8.38. The highest BCUT2D eigenvalue weighted by molar-refractivity contribution is 7.98. The Hall–Kier alpha value is -2.78. The first kappa shape index (κ1) is 21.5. The van der Waals surface area contributed by atoms with E-state index in [1.165, 1.54) is 16.5 Å². The lowest BCUT2D eigenvalue weighted by Gasteiger charge is -2.16. The number of para-hydroxylation sites is 1. The Kier molecular flexibility index (Phi) is 6.93. The van der Waals surface area contributed by atoms with Gasteiger partial charge in [0.25, 0.3) is 5.22 Å². The SMILES string of the molecule is CCOc1cc(-c2nnc(SCc3nc4ccccc4s3)o2)cc(OCC)c1OCC. The molecule has 7 nitrogen and oxygen atoms in total. The van der Waals surface area contributed by atoms with E-state index < -0.39 is 0 Å². The Balaban J connectivity index is 1.55. The van der Waals surface area contributed by atoms with Crippen molar-refractivity contribution in [1.82, 2.24) is 15.2 Å². The zero-order valence-electron chi connectivity index (χ0n) is 17.6. The van der Waals surface area contributed by atoms with E-state index in [4.69, 9.17) is 18.6 Å². The van der Waals surface area contributed by atoms with Crippen molar-refractivity contribution in [2.75, 3.05) is 19.8 Å². The Labute approximate surface area is 188 Å². The third kappa shape index (κ3) is 4.94. The van der Waals surface area contributed by atoms with Crippen LogP contribution < -0.4 is 14.2 Å². The van der Waals surface area contributed by atoms with Gasteiger partial charge in [-0.25, -0.2) is 4.98 Å². The van der Waals surface area contributed by atoms with E-state index in [1.807, 2.05) is 51.1 Å². The molecule has 0 spiro atoms. The molecule has 0 N–H and O–H groups in total. The minimum Gasteiger partial charge on any atom is -0.490 e. The Morgan fingerprint density at radius 3 is 2.32 bits per heavy atom. The Morgan fingerprint density at radius 2 is 1.65 bits per heavy atom. The van der Waals surface area contributed by atoms with E-state index >= 15 is 0 Å². The maximum absolute atomic E-state index is 5.90. The monoisotopic (exact) mass is 457 g/mol. The maximum atomic E-state index is 5.90. The topological polar surface area (TPSA) is 79.5 Å². The molecular formula is C22H23N3O4S2. The molecule has 0 aliphatic rings. The zero-order chi connectivity index (χ0) is 21.6. The first-order valence-corrected chi connectivity index (χ1v) is 11.9. The number of aromatic nitrogens is 3. The first-order valence-electron chi connectivity index (χ1n) is 10.1. The molecule has 0 aliphatic carbocycles. The van der Waals surface area contributed by atoms with Gasteiger partial charge in [0.05, 0.1) is 35.8 Å². The third-order valence-corrected chi connectivity index (χ3v) is 6.27. The van der Waals surface area contributed by atoms with Crippen molar-refractivity contribution in [3.63, 3.8) is 0 Å². The molecule has 4 rings (SSSR count). The predicted molar refractivity (Wildman–Crippen MR) is 122 cm³/mol. The summed E-state index contributed by atoms with van der Waals surface area (Å²) >= 11 is 3.14. The van der Waals surface area contributed by atoms with Gasteiger partial charge in [-0.1, -0.05) is 23.9 Å². The normalized spacial score (nSPS) is 11.1. The number of rotatable bonds is 10. The average Bonchev–Trinajstić information content (AvgIpc) is 3.41. The molecule has 0 amide bonds. The van der Waals surface area contributed by atoms with Gasteiger partial charge < -0.3 is 18.6 Å². The lowest BCUT2D eigenvalue weighted by molar-refractivity contribution is 0.261. The maximum Gasteiger partial charge on any atom is 0.277 e. The van der Waals surface area contributed by atoms with Crippen molar-refractivity contribution in [2.24, 2.45) is 0 Å². The molecule has 31 heavy (non-hydrogen) atoms. The van der Waals surface area contributed by atoms with Crippen molar-refractivity contribution in [3.8, 4) is 28.7 Å². The van der Waals surface area contributed by atoms with Gasteiger partial charge in [0.2, 0.25) is 11.6 Å². The van der Waals surface area contributed by atoms with Gasteiger partial charge in [-0.05, 0) is 45.0 Å². The van der Waals surface area contributed by atoms with E-state index in [0.29, 0.717) is 53.9 Å². The summed E-state index contributed by atoms with van der Waals surface area (Å²) in [5.41, 5.74) is 1.73. The quantitative estimate of drug-likeness (QED) is 0.275. The molecule has 4 aromatic rings. The molecule has 9 heteroatoms. The van der Waals surface area contributed by atoms with E-state index in [2.05, 4.69) is 21.2 Å². The zero-order valence-corrected chi connectivity index (χ0v) is 19.2. The highest BCUT2D eigenvalue weighted by Gasteiger charge is 2.19. The summed E-state index contributed by atoms with van der Waals surface area (Å²) in [6, 6.07) is 11.8. The van der Waals surface area contributed by atoms with Crippen molar-refractivity contribution in [3.05, 3.63) is 41.4 Å². The highest BCUT2D eigenvalue weighted by atomic mass is 32.2. The summed E-state index contributed by atoms with van der Waals surface area (Å²) in [5.74, 6) is 2.83. The van der Waals surface area contributed by atoms with E-state index in [0.717, 1.165) is 16.1 Å². The minimum absolute atomic E-state index is 0.400. The van der Waals surface area contributed by atoms with E-state index in [9.17, 15) is 0 Å². The molecule has 2 aromatic carbocycles. The van der Waals surface area contributed by atoms with Crippen molar-refractivity contribution in [1.29, 1.82) is 0 Å².